The smallest absolute Gasteiger partial charge is 0.231 e. The first kappa shape index (κ1) is 18.6. The molecule has 1 aromatic carbocycles. The number of hydrogen-bond donors (Lipinski definition) is 1. The van der Waals surface area contributed by atoms with Gasteiger partial charge in [-0.25, -0.2) is 0 Å². The van der Waals surface area contributed by atoms with Gasteiger partial charge in [0.25, 0.3) is 0 Å². The van der Waals surface area contributed by atoms with Crippen LogP contribution in [0.1, 0.15) is 46.5 Å². The number of hydrogen-bond acceptors (Lipinski definition) is 2. The summed E-state index contributed by atoms with van der Waals surface area (Å²) in [6.45, 7) is 10.9. The van der Waals surface area contributed by atoms with E-state index in [-0.39, 0.29) is 13.3 Å². The molecule has 0 radical (unpaired) electrons. The molecule has 0 aliphatic carbocycles. The monoisotopic (exact) mass is 319 g/mol. The van der Waals surface area contributed by atoms with Gasteiger partial charge in [-0.2, -0.15) is 0 Å². The van der Waals surface area contributed by atoms with Crippen LogP contribution >= 0.6 is 11.8 Å². The maximum absolute atomic E-state index is 12.5. The van der Waals surface area contributed by atoms with E-state index in [1.807, 2.05) is 49.0 Å². The van der Waals surface area contributed by atoms with Crippen LogP contribution in [0.2, 0.25) is 0 Å². The Morgan fingerprint density at radius 3 is 2.59 bits per heavy atom. The first-order chi connectivity index (χ1) is 10.6. The largest absolute Gasteiger partial charge is 0.355 e. The number of nitrogens with one attached hydrogen (secondary N) is 1. The fourth-order valence-corrected chi connectivity index (χ4v) is 3.26. The number of rotatable bonds is 9. The van der Waals surface area contributed by atoms with Crippen molar-refractivity contribution in [3.8, 4) is 0 Å². The van der Waals surface area contributed by atoms with Gasteiger partial charge in [-0.1, -0.05) is 62.4 Å². The molecule has 0 bridgehead atoms. The average Bonchev–Trinajstić information content (AvgIpc) is 2.48. The summed E-state index contributed by atoms with van der Waals surface area (Å²) in [4.78, 5) is 13.8. The van der Waals surface area contributed by atoms with Crippen molar-refractivity contribution in [1.82, 2.24) is 5.32 Å². The lowest BCUT2D eigenvalue weighted by molar-refractivity contribution is -0.121. The number of carbonyl (C=O) groups excluding carboxylic acids is 1. The van der Waals surface area contributed by atoms with Gasteiger partial charge in [0, 0.05) is 7.97 Å². The SMILES string of the molecule is C=C(C)C(C(=O)NCC/C(=C/CC)SCC)c1ccccc1.[HH]. The van der Waals surface area contributed by atoms with Crippen LogP contribution in [0.5, 0.6) is 0 Å². The lowest BCUT2D eigenvalue weighted by Crippen LogP contribution is -2.30. The highest BCUT2D eigenvalue weighted by atomic mass is 32.2. The standard InChI is InChI=1S/C19H27NOS.H2/c1-5-10-17(22-6-2)13-14-20-19(21)18(15(3)4)16-11-8-7-9-12-16;/h7-12,18H,3,5-6,13-14H2,1-2,4H3,(H,20,21);1H/b17-10-;. The molecule has 1 unspecified atom stereocenters. The number of amides is 1. The first-order valence-electron chi connectivity index (χ1n) is 7.90. The van der Waals surface area contributed by atoms with Crippen LogP contribution < -0.4 is 5.32 Å². The summed E-state index contributed by atoms with van der Waals surface area (Å²) in [5.41, 5.74) is 1.87. The van der Waals surface area contributed by atoms with Crippen LogP contribution in [0, 0.1) is 0 Å². The van der Waals surface area contributed by atoms with E-state index in [1.54, 1.807) is 0 Å². The average molecular weight is 320 g/mol. The highest BCUT2D eigenvalue weighted by Crippen LogP contribution is 2.23. The van der Waals surface area contributed by atoms with Crippen molar-refractivity contribution in [3.63, 3.8) is 0 Å². The molecule has 0 spiro atoms. The second-order valence-electron chi connectivity index (χ2n) is 5.24. The highest BCUT2D eigenvalue weighted by Gasteiger charge is 2.20. The summed E-state index contributed by atoms with van der Waals surface area (Å²) in [6.07, 6.45) is 4.18. The Kier molecular flexibility index (Phi) is 8.68. The molecule has 0 heterocycles. The Bertz CT molecular complexity index is 513. The molecule has 22 heavy (non-hydrogen) atoms. The summed E-state index contributed by atoms with van der Waals surface area (Å²) in [5, 5.41) is 3.06. The second-order valence-corrected chi connectivity index (χ2v) is 6.63. The molecule has 1 amide bonds. The normalized spacial score (nSPS) is 12.8. The quantitative estimate of drug-likeness (QED) is 0.638. The van der Waals surface area contributed by atoms with Gasteiger partial charge in [0.05, 0.1) is 5.92 Å². The van der Waals surface area contributed by atoms with E-state index >= 15 is 0 Å². The molecule has 0 aliphatic heterocycles. The number of carbonyl (C=O) groups is 1. The molecule has 1 atom stereocenters. The fourth-order valence-electron chi connectivity index (χ4n) is 2.36. The van der Waals surface area contributed by atoms with Crippen molar-refractivity contribution in [2.75, 3.05) is 12.3 Å². The highest BCUT2D eigenvalue weighted by molar-refractivity contribution is 8.03. The van der Waals surface area contributed by atoms with Crippen molar-refractivity contribution >= 4 is 17.7 Å². The lowest BCUT2D eigenvalue weighted by Gasteiger charge is -2.17. The van der Waals surface area contributed by atoms with Crippen molar-refractivity contribution in [2.45, 2.75) is 39.5 Å². The zero-order valence-corrected chi connectivity index (χ0v) is 14.7. The summed E-state index contributed by atoms with van der Waals surface area (Å²) < 4.78 is 0. The van der Waals surface area contributed by atoms with Gasteiger partial charge in [-0.3, -0.25) is 4.79 Å². The van der Waals surface area contributed by atoms with Gasteiger partial charge < -0.3 is 5.32 Å². The summed E-state index contributed by atoms with van der Waals surface area (Å²) >= 11 is 1.86. The molecule has 1 aromatic rings. The zero-order valence-electron chi connectivity index (χ0n) is 13.9. The van der Waals surface area contributed by atoms with E-state index in [2.05, 4.69) is 31.8 Å². The molecular formula is C19H29NOS. The van der Waals surface area contributed by atoms with Gasteiger partial charge in [0.15, 0.2) is 0 Å². The Balaban J connectivity index is 0.00000484. The Morgan fingerprint density at radius 1 is 1.36 bits per heavy atom. The number of allylic oxidation sites excluding steroid dienone is 1. The third-order valence-electron chi connectivity index (χ3n) is 3.32. The predicted molar refractivity (Wildman–Crippen MR) is 100 cm³/mol. The second kappa shape index (κ2) is 10.3. The zero-order chi connectivity index (χ0) is 16.4. The minimum atomic E-state index is -0.265. The minimum Gasteiger partial charge on any atom is -0.355 e. The maximum atomic E-state index is 12.5. The van der Waals surface area contributed by atoms with Gasteiger partial charge in [-0.05, 0) is 36.0 Å². The number of benzene rings is 1. The van der Waals surface area contributed by atoms with Crippen molar-refractivity contribution in [1.29, 1.82) is 0 Å². The van der Waals surface area contributed by atoms with Crippen molar-refractivity contribution < 1.29 is 6.22 Å². The van der Waals surface area contributed by atoms with Crippen LogP contribution in [0.15, 0.2) is 53.5 Å². The molecule has 0 saturated carbocycles. The van der Waals surface area contributed by atoms with E-state index in [0.717, 1.165) is 29.7 Å². The Hall–Kier alpha value is -1.48. The van der Waals surface area contributed by atoms with Gasteiger partial charge in [0.2, 0.25) is 5.91 Å². The first-order valence-corrected chi connectivity index (χ1v) is 8.88. The third-order valence-corrected chi connectivity index (χ3v) is 4.35. The molecular weight excluding hydrogens is 290 g/mol. The van der Waals surface area contributed by atoms with E-state index < -0.39 is 0 Å². The Labute approximate surface area is 140 Å². The molecule has 0 aromatic heterocycles. The van der Waals surface area contributed by atoms with Crippen LogP contribution in [0.25, 0.3) is 0 Å². The molecule has 122 valence electrons. The van der Waals surface area contributed by atoms with Gasteiger partial charge in [-0.15, -0.1) is 11.8 Å². The van der Waals surface area contributed by atoms with Crippen LogP contribution in [0.3, 0.4) is 0 Å². The van der Waals surface area contributed by atoms with Crippen molar-refractivity contribution in [3.05, 3.63) is 59.0 Å². The summed E-state index contributed by atoms with van der Waals surface area (Å²) in [7, 11) is 0. The summed E-state index contributed by atoms with van der Waals surface area (Å²) in [5.74, 6) is 0.840. The van der Waals surface area contributed by atoms with Crippen LogP contribution in [0.4, 0.5) is 0 Å². The predicted octanol–water partition coefficient (Wildman–Crippen LogP) is 5.15. The minimum absolute atomic E-state index is 0. The summed E-state index contributed by atoms with van der Waals surface area (Å²) in [6, 6.07) is 9.83. The van der Waals surface area contributed by atoms with Crippen molar-refractivity contribution in [2.24, 2.45) is 0 Å². The van der Waals surface area contributed by atoms with E-state index in [9.17, 15) is 4.79 Å². The van der Waals surface area contributed by atoms with E-state index in [0.29, 0.717) is 6.54 Å². The van der Waals surface area contributed by atoms with E-state index in [1.165, 1.54) is 4.91 Å². The van der Waals surface area contributed by atoms with Crippen LogP contribution in [-0.2, 0) is 4.79 Å². The fraction of sp³-hybridized carbons (Fsp3) is 0.421. The van der Waals surface area contributed by atoms with E-state index in [4.69, 9.17) is 0 Å². The van der Waals surface area contributed by atoms with Gasteiger partial charge >= 0.3 is 0 Å². The molecule has 2 nitrogen and oxygen atoms in total. The molecule has 0 aliphatic rings. The third kappa shape index (κ3) is 6.10. The molecule has 1 rings (SSSR count). The molecule has 3 heteroatoms. The Morgan fingerprint density at radius 2 is 2.05 bits per heavy atom. The maximum Gasteiger partial charge on any atom is 0.231 e. The molecule has 0 fully saturated rings. The number of thioether (sulfide) groups is 1. The topological polar surface area (TPSA) is 29.1 Å². The molecule has 1 N–H and O–H groups in total. The van der Waals surface area contributed by atoms with Crippen LogP contribution in [-0.4, -0.2) is 18.2 Å². The lowest BCUT2D eigenvalue weighted by atomic mass is 9.92. The molecule has 0 saturated heterocycles. The van der Waals surface area contributed by atoms with Gasteiger partial charge in [0.1, 0.15) is 0 Å².